The van der Waals surface area contributed by atoms with E-state index in [1.165, 1.54) is 135 Å². The number of hydrogen-bond donors (Lipinski definition) is 3. The molecule has 6 nitrogen and oxygen atoms in total. The molecule has 0 rings (SSSR count). The molecule has 0 aliphatic heterocycles. The minimum atomic E-state index is -0.791. The maximum absolute atomic E-state index is 13.2. The molecule has 3 N–H and O–H groups in total. The Bertz CT molecular complexity index is 961. The predicted octanol–water partition coefficient (Wildman–Crippen LogP) is 14.9. The maximum atomic E-state index is 13.2. The van der Waals surface area contributed by atoms with Gasteiger partial charge in [0.15, 0.2) is 0 Å². The van der Waals surface area contributed by atoms with E-state index in [-0.39, 0.29) is 24.9 Å². The lowest BCUT2D eigenvalue weighted by Crippen LogP contribution is -2.46. The number of aliphatic hydroxyl groups excluding tert-OH is 2. The number of ether oxygens (including phenoxy) is 1. The Morgan fingerprint density at radius 1 is 0.500 bits per heavy atom. The molecule has 3 unspecified atom stereocenters. The molecule has 6 heteroatoms. The Hall–Kier alpha value is -1.92. The fourth-order valence-electron chi connectivity index (χ4n) is 7.57. The number of amides is 1. The van der Waals surface area contributed by atoms with Gasteiger partial charge in [0, 0.05) is 6.42 Å². The van der Waals surface area contributed by atoms with Crippen LogP contribution < -0.4 is 5.32 Å². The predicted molar refractivity (Wildman–Crippen MR) is 250 cm³/mol. The number of hydrogen-bond acceptors (Lipinski definition) is 5. The first kappa shape index (κ1) is 56.1. The van der Waals surface area contributed by atoms with Crippen molar-refractivity contribution >= 4 is 11.9 Å². The minimum absolute atomic E-state index is 0.0641. The van der Waals surface area contributed by atoms with Crippen LogP contribution >= 0.6 is 0 Å². The Balaban J connectivity index is 4.63. The molecule has 0 fully saturated rings. The molecule has 0 aliphatic rings. The molecule has 0 spiro atoms. The van der Waals surface area contributed by atoms with Gasteiger partial charge in [0.05, 0.1) is 25.2 Å². The van der Waals surface area contributed by atoms with Crippen molar-refractivity contribution < 1.29 is 24.5 Å². The van der Waals surface area contributed by atoms with Crippen molar-refractivity contribution in [2.45, 2.75) is 277 Å². The third-order valence-electron chi connectivity index (χ3n) is 11.4. The van der Waals surface area contributed by atoms with E-state index in [4.69, 9.17) is 4.74 Å². The molecule has 58 heavy (non-hydrogen) atoms. The highest BCUT2D eigenvalue weighted by molar-refractivity contribution is 5.77. The number of aliphatic hydroxyl groups is 2. The topological polar surface area (TPSA) is 95.9 Å². The molecule has 0 saturated carbocycles. The van der Waals surface area contributed by atoms with Gasteiger partial charge in [-0.1, -0.05) is 198 Å². The second-order valence-electron chi connectivity index (χ2n) is 17.2. The first-order valence-corrected chi connectivity index (χ1v) is 25.2. The van der Waals surface area contributed by atoms with Crippen LogP contribution in [-0.4, -0.2) is 46.9 Å². The molecule has 340 valence electrons. The SMILES string of the molecule is CCCCC/C=C\C/C=C\CCCCCCCC(CC(=O)NC(CO)C(O)CCCCCCCCCCCC)OC(=O)CCCCC/C=C\CCCCCCCCC. The van der Waals surface area contributed by atoms with Gasteiger partial charge in [-0.15, -0.1) is 0 Å². The lowest BCUT2D eigenvalue weighted by atomic mass is 10.0. The molecule has 1 amide bonds. The van der Waals surface area contributed by atoms with Crippen LogP contribution in [0.4, 0.5) is 0 Å². The summed E-state index contributed by atoms with van der Waals surface area (Å²) >= 11 is 0. The molecule has 0 aromatic rings. The number of unbranched alkanes of at least 4 members (excludes halogenated alkanes) is 27. The fourth-order valence-corrected chi connectivity index (χ4v) is 7.57. The van der Waals surface area contributed by atoms with Crippen LogP contribution in [0.5, 0.6) is 0 Å². The summed E-state index contributed by atoms with van der Waals surface area (Å²) in [5, 5.41) is 23.7. The number of esters is 1. The number of carbonyl (C=O) groups excluding carboxylic acids is 2. The van der Waals surface area contributed by atoms with E-state index in [0.717, 1.165) is 77.0 Å². The van der Waals surface area contributed by atoms with Crippen molar-refractivity contribution in [1.82, 2.24) is 5.32 Å². The van der Waals surface area contributed by atoms with Crippen molar-refractivity contribution in [2.24, 2.45) is 0 Å². The molecule has 0 bridgehead atoms. The zero-order valence-corrected chi connectivity index (χ0v) is 38.7. The number of allylic oxidation sites excluding steroid dienone is 6. The van der Waals surface area contributed by atoms with Crippen molar-refractivity contribution in [1.29, 1.82) is 0 Å². The van der Waals surface area contributed by atoms with E-state index in [0.29, 0.717) is 19.3 Å². The van der Waals surface area contributed by atoms with Crippen LogP contribution in [0.15, 0.2) is 36.5 Å². The molecular formula is C52H97NO5. The van der Waals surface area contributed by atoms with Crippen LogP contribution in [-0.2, 0) is 14.3 Å². The number of rotatable bonds is 45. The zero-order valence-electron chi connectivity index (χ0n) is 38.7. The summed E-state index contributed by atoms with van der Waals surface area (Å²) in [6, 6.07) is -0.706. The van der Waals surface area contributed by atoms with E-state index >= 15 is 0 Å². The second-order valence-corrected chi connectivity index (χ2v) is 17.2. The van der Waals surface area contributed by atoms with E-state index in [9.17, 15) is 19.8 Å². The first-order valence-electron chi connectivity index (χ1n) is 25.2. The molecule has 0 saturated heterocycles. The number of nitrogens with one attached hydrogen (secondary N) is 1. The Kier molecular flexibility index (Phi) is 44.6. The van der Waals surface area contributed by atoms with Crippen LogP contribution in [0.1, 0.15) is 258 Å². The molecule has 0 aromatic carbocycles. The average molecular weight is 816 g/mol. The summed E-state index contributed by atoms with van der Waals surface area (Å²) < 4.78 is 5.91. The third-order valence-corrected chi connectivity index (χ3v) is 11.4. The van der Waals surface area contributed by atoms with Crippen molar-refractivity contribution in [3.8, 4) is 0 Å². The van der Waals surface area contributed by atoms with Crippen LogP contribution in [0.2, 0.25) is 0 Å². The van der Waals surface area contributed by atoms with Gasteiger partial charge in [-0.05, 0) is 83.5 Å². The van der Waals surface area contributed by atoms with Gasteiger partial charge < -0.3 is 20.3 Å². The summed E-state index contributed by atoms with van der Waals surface area (Å²) in [7, 11) is 0. The normalized spacial score (nSPS) is 13.5. The Morgan fingerprint density at radius 2 is 0.879 bits per heavy atom. The van der Waals surface area contributed by atoms with Crippen molar-refractivity contribution in [3.63, 3.8) is 0 Å². The van der Waals surface area contributed by atoms with E-state index in [1.807, 2.05) is 0 Å². The quantitative estimate of drug-likeness (QED) is 0.0323. The van der Waals surface area contributed by atoms with Crippen LogP contribution in [0.25, 0.3) is 0 Å². The highest BCUT2D eigenvalue weighted by Gasteiger charge is 2.24. The highest BCUT2D eigenvalue weighted by Crippen LogP contribution is 2.17. The smallest absolute Gasteiger partial charge is 0.306 e. The second kappa shape index (κ2) is 46.2. The summed E-state index contributed by atoms with van der Waals surface area (Å²) in [6.07, 6.45) is 53.4. The molecular weight excluding hydrogens is 719 g/mol. The third kappa shape index (κ3) is 40.8. The maximum Gasteiger partial charge on any atom is 0.306 e. The first-order chi connectivity index (χ1) is 28.5. The lowest BCUT2D eigenvalue weighted by molar-refractivity contribution is -0.151. The summed E-state index contributed by atoms with van der Waals surface area (Å²) in [5.41, 5.74) is 0. The highest BCUT2D eigenvalue weighted by atomic mass is 16.5. The van der Waals surface area contributed by atoms with E-state index in [1.54, 1.807) is 0 Å². The molecule has 0 aromatic heterocycles. The monoisotopic (exact) mass is 816 g/mol. The van der Waals surface area contributed by atoms with Crippen molar-refractivity contribution in [3.05, 3.63) is 36.5 Å². The Labute approximate surface area is 360 Å². The van der Waals surface area contributed by atoms with Crippen LogP contribution in [0.3, 0.4) is 0 Å². The summed E-state index contributed by atoms with van der Waals surface area (Å²) in [4.78, 5) is 26.1. The molecule has 0 radical (unpaired) electrons. The summed E-state index contributed by atoms with van der Waals surface area (Å²) in [5.74, 6) is -0.501. The van der Waals surface area contributed by atoms with Gasteiger partial charge in [-0.2, -0.15) is 0 Å². The van der Waals surface area contributed by atoms with Gasteiger partial charge in [0.1, 0.15) is 6.10 Å². The molecule has 0 aliphatic carbocycles. The minimum Gasteiger partial charge on any atom is -0.462 e. The number of carbonyl (C=O) groups is 2. The van der Waals surface area contributed by atoms with Gasteiger partial charge in [-0.3, -0.25) is 9.59 Å². The van der Waals surface area contributed by atoms with Gasteiger partial charge in [-0.25, -0.2) is 0 Å². The van der Waals surface area contributed by atoms with Gasteiger partial charge >= 0.3 is 5.97 Å². The molecule has 0 heterocycles. The zero-order chi connectivity index (χ0) is 42.4. The van der Waals surface area contributed by atoms with Gasteiger partial charge in [0.2, 0.25) is 5.91 Å². The standard InChI is InChI=1S/C52H97NO5/c1-4-7-10-13-16-19-22-24-26-27-29-31-34-37-40-43-48(58-52(57)45-42-39-36-33-30-28-25-23-20-17-14-11-8-5-2)46-51(56)53-49(47-54)50(55)44-41-38-35-32-21-18-15-12-9-6-3/h16,19,24,26,28,30,48-50,54-55H,4-15,17-18,20-23,25,27,29,31-47H2,1-3H3,(H,53,56)/b19-16-,26-24-,30-28-. The lowest BCUT2D eigenvalue weighted by Gasteiger charge is -2.24. The van der Waals surface area contributed by atoms with Crippen molar-refractivity contribution in [2.75, 3.05) is 6.61 Å². The Morgan fingerprint density at radius 3 is 1.36 bits per heavy atom. The van der Waals surface area contributed by atoms with Gasteiger partial charge in [0.25, 0.3) is 0 Å². The largest absolute Gasteiger partial charge is 0.462 e. The summed E-state index contributed by atoms with van der Waals surface area (Å²) in [6.45, 7) is 6.44. The average Bonchev–Trinajstić information content (AvgIpc) is 3.22. The fraction of sp³-hybridized carbons (Fsp3) is 0.846. The molecule has 3 atom stereocenters. The van der Waals surface area contributed by atoms with E-state index < -0.39 is 18.2 Å². The van der Waals surface area contributed by atoms with E-state index in [2.05, 4.69) is 62.5 Å². The van der Waals surface area contributed by atoms with Crippen LogP contribution in [0, 0.1) is 0 Å².